The smallest absolute Gasteiger partial charge is 0.297 e. The second-order valence-electron chi connectivity index (χ2n) is 3.22. The van der Waals surface area contributed by atoms with E-state index in [0.717, 1.165) is 0 Å². The Morgan fingerprint density at radius 2 is 1.93 bits per heavy atom. The van der Waals surface area contributed by atoms with Gasteiger partial charge in [0.15, 0.2) is 0 Å². The zero-order chi connectivity index (χ0) is 11.3. The van der Waals surface area contributed by atoms with Gasteiger partial charge >= 0.3 is 5.69 Å². The summed E-state index contributed by atoms with van der Waals surface area (Å²) in [6.07, 6.45) is 6.31. The van der Waals surface area contributed by atoms with Gasteiger partial charge in [0.05, 0.1) is 0 Å². The maximum atomic E-state index is 11.5. The molecular formula is C11H14N2O2. The topological polar surface area (TPSA) is 54.9 Å². The molecule has 0 radical (unpaired) electrons. The molecule has 1 N–H and O–H groups in total. The number of hydrogen-bond acceptors (Lipinski definition) is 2. The summed E-state index contributed by atoms with van der Waals surface area (Å²) < 4.78 is 1.49. The van der Waals surface area contributed by atoms with E-state index in [0.29, 0.717) is 12.8 Å². The predicted octanol–water partition coefficient (Wildman–Crippen LogP) is 1.23. The van der Waals surface area contributed by atoms with Crippen LogP contribution in [-0.4, -0.2) is 9.55 Å². The standard InChI is InChI=1S/C11H14N2O2/c1-3-5-9(6-4-2)13-8-7-10(14)12-11(13)15/h3-4,7-9H,1-2,5-6H2,(H,12,14,15). The van der Waals surface area contributed by atoms with Crippen molar-refractivity contribution in [2.45, 2.75) is 18.9 Å². The van der Waals surface area contributed by atoms with Crippen molar-refractivity contribution in [2.75, 3.05) is 0 Å². The van der Waals surface area contributed by atoms with Crippen molar-refractivity contribution in [3.8, 4) is 0 Å². The van der Waals surface area contributed by atoms with E-state index in [-0.39, 0.29) is 11.6 Å². The summed E-state index contributed by atoms with van der Waals surface area (Å²) in [4.78, 5) is 24.6. The third kappa shape index (κ3) is 2.80. The lowest BCUT2D eigenvalue weighted by Gasteiger charge is -2.15. The van der Waals surface area contributed by atoms with Gasteiger partial charge in [-0.05, 0) is 12.8 Å². The first kappa shape index (κ1) is 11.2. The lowest BCUT2D eigenvalue weighted by Crippen LogP contribution is -2.31. The van der Waals surface area contributed by atoms with Gasteiger partial charge in [0.1, 0.15) is 0 Å². The zero-order valence-electron chi connectivity index (χ0n) is 8.48. The van der Waals surface area contributed by atoms with Crippen LogP contribution in [0.4, 0.5) is 0 Å². The normalized spacial score (nSPS) is 10.2. The van der Waals surface area contributed by atoms with Crippen molar-refractivity contribution in [1.82, 2.24) is 9.55 Å². The minimum atomic E-state index is -0.392. The maximum absolute atomic E-state index is 11.5. The summed E-state index contributed by atoms with van der Waals surface area (Å²) in [5.74, 6) is 0. The molecule has 0 atom stereocenters. The van der Waals surface area contributed by atoms with Gasteiger partial charge in [-0.2, -0.15) is 0 Å². The molecule has 0 unspecified atom stereocenters. The molecule has 0 saturated carbocycles. The highest BCUT2D eigenvalue weighted by atomic mass is 16.2. The fraction of sp³-hybridized carbons (Fsp3) is 0.273. The Bertz CT molecular complexity index is 446. The van der Waals surface area contributed by atoms with Crippen molar-refractivity contribution in [3.63, 3.8) is 0 Å². The molecule has 0 aliphatic rings. The number of nitrogens with one attached hydrogen (secondary N) is 1. The van der Waals surface area contributed by atoms with Gasteiger partial charge in [0.25, 0.3) is 5.56 Å². The number of nitrogens with zero attached hydrogens (tertiary/aromatic N) is 1. The first-order valence-corrected chi connectivity index (χ1v) is 4.72. The number of allylic oxidation sites excluding steroid dienone is 2. The molecule has 0 aliphatic heterocycles. The highest BCUT2D eigenvalue weighted by Gasteiger charge is 2.08. The van der Waals surface area contributed by atoms with Crippen molar-refractivity contribution in [3.05, 3.63) is 58.4 Å². The molecule has 0 spiro atoms. The molecule has 0 aliphatic carbocycles. The largest absolute Gasteiger partial charge is 0.328 e. The Labute approximate surface area is 87.6 Å². The highest BCUT2D eigenvalue weighted by molar-refractivity contribution is 4.90. The number of H-pyrrole nitrogens is 1. The van der Waals surface area contributed by atoms with Crippen LogP contribution in [0.15, 0.2) is 47.2 Å². The van der Waals surface area contributed by atoms with E-state index in [1.807, 2.05) is 0 Å². The summed E-state index contributed by atoms with van der Waals surface area (Å²) in [7, 11) is 0. The van der Waals surface area contributed by atoms with Crippen LogP contribution in [-0.2, 0) is 0 Å². The molecule has 1 aromatic rings. The first-order chi connectivity index (χ1) is 7.19. The van der Waals surface area contributed by atoms with Crippen molar-refractivity contribution < 1.29 is 0 Å². The van der Waals surface area contributed by atoms with Crippen LogP contribution in [0.1, 0.15) is 18.9 Å². The maximum Gasteiger partial charge on any atom is 0.328 e. The molecule has 0 aromatic carbocycles. The average molecular weight is 206 g/mol. The number of rotatable bonds is 5. The molecule has 0 bridgehead atoms. The zero-order valence-corrected chi connectivity index (χ0v) is 8.48. The van der Waals surface area contributed by atoms with Gasteiger partial charge in [0, 0.05) is 18.3 Å². The average Bonchev–Trinajstić information content (AvgIpc) is 2.17. The Hall–Kier alpha value is -1.84. The van der Waals surface area contributed by atoms with E-state index in [2.05, 4.69) is 18.1 Å². The Balaban J connectivity index is 3.10. The molecule has 15 heavy (non-hydrogen) atoms. The minimum absolute atomic E-state index is 0.0238. The van der Waals surface area contributed by atoms with E-state index in [1.54, 1.807) is 12.2 Å². The first-order valence-electron chi connectivity index (χ1n) is 4.72. The fourth-order valence-corrected chi connectivity index (χ4v) is 1.42. The van der Waals surface area contributed by atoms with Gasteiger partial charge in [-0.25, -0.2) is 4.79 Å². The van der Waals surface area contributed by atoms with Crippen LogP contribution in [0.25, 0.3) is 0 Å². The predicted molar refractivity (Wildman–Crippen MR) is 60.0 cm³/mol. The summed E-state index contributed by atoms with van der Waals surface area (Å²) in [5.41, 5.74) is -0.775. The van der Waals surface area contributed by atoms with Crippen LogP contribution >= 0.6 is 0 Å². The molecule has 80 valence electrons. The fourth-order valence-electron chi connectivity index (χ4n) is 1.42. The third-order valence-electron chi connectivity index (χ3n) is 2.12. The van der Waals surface area contributed by atoms with E-state index >= 15 is 0 Å². The number of aromatic nitrogens is 2. The van der Waals surface area contributed by atoms with Crippen LogP contribution < -0.4 is 11.2 Å². The summed E-state index contributed by atoms with van der Waals surface area (Å²) in [5, 5.41) is 0. The minimum Gasteiger partial charge on any atom is -0.297 e. The van der Waals surface area contributed by atoms with Gasteiger partial charge in [-0.15, -0.1) is 13.2 Å². The van der Waals surface area contributed by atoms with Gasteiger partial charge in [-0.3, -0.25) is 14.3 Å². The van der Waals surface area contributed by atoms with Crippen LogP contribution in [0.3, 0.4) is 0 Å². The van der Waals surface area contributed by atoms with Crippen LogP contribution in [0.5, 0.6) is 0 Å². The highest BCUT2D eigenvalue weighted by Crippen LogP contribution is 2.13. The Kier molecular flexibility index (Phi) is 3.85. The molecule has 0 amide bonds. The second-order valence-corrected chi connectivity index (χ2v) is 3.22. The van der Waals surface area contributed by atoms with Gasteiger partial charge in [-0.1, -0.05) is 12.2 Å². The van der Waals surface area contributed by atoms with Gasteiger partial charge < -0.3 is 0 Å². The number of hydrogen-bond donors (Lipinski definition) is 1. The lowest BCUT2D eigenvalue weighted by atomic mass is 10.1. The summed E-state index contributed by atoms with van der Waals surface area (Å²) in [6, 6.07) is 1.31. The SMILES string of the molecule is C=CCC(CC=C)n1ccc(=O)[nH]c1=O. The van der Waals surface area contributed by atoms with E-state index in [9.17, 15) is 9.59 Å². The van der Waals surface area contributed by atoms with Crippen LogP contribution in [0.2, 0.25) is 0 Å². The number of aromatic amines is 1. The quantitative estimate of drug-likeness (QED) is 0.737. The molecule has 4 nitrogen and oxygen atoms in total. The third-order valence-corrected chi connectivity index (χ3v) is 2.12. The Morgan fingerprint density at radius 3 is 2.40 bits per heavy atom. The molecule has 1 heterocycles. The molecule has 1 rings (SSSR count). The summed E-state index contributed by atoms with van der Waals surface area (Å²) >= 11 is 0. The van der Waals surface area contributed by atoms with E-state index < -0.39 is 5.69 Å². The van der Waals surface area contributed by atoms with Crippen molar-refractivity contribution in [2.24, 2.45) is 0 Å². The van der Waals surface area contributed by atoms with Crippen molar-refractivity contribution in [1.29, 1.82) is 0 Å². The molecule has 1 aromatic heterocycles. The monoisotopic (exact) mass is 206 g/mol. The lowest BCUT2D eigenvalue weighted by molar-refractivity contribution is 0.486. The Morgan fingerprint density at radius 1 is 1.33 bits per heavy atom. The molecule has 0 fully saturated rings. The molecular weight excluding hydrogens is 192 g/mol. The van der Waals surface area contributed by atoms with E-state index in [1.165, 1.54) is 16.8 Å². The summed E-state index contributed by atoms with van der Waals surface area (Å²) in [6.45, 7) is 7.27. The van der Waals surface area contributed by atoms with Crippen LogP contribution in [0, 0.1) is 0 Å². The second kappa shape index (κ2) is 5.14. The van der Waals surface area contributed by atoms with E-state index in [4.69, 9.17) is 0 Å². The van der Waals surface area contributed by atoms with Gasteiger partial charge in [0.2, 0.25) is 0 Å². The van der Waals surface area contributed by atoms with Crippen molar-refractivity contribution >= 4 is 0 Å². The molecule has 4 heteroatoms. The molecule has 0 saturated heterocycles.